The average Bonchev–Trinajstić information content (AvgIpc) is 2.42. The number of benzene rings is 1. The lowest BCUT2D eigenvalue weighted by atomic mass is 10.1. The summed E-state index contributed by atoms with van der Waals surface area (Å²) >= 11 is 9.24. The van der Waals surface area contributed by atoms with E-state index in [9.17, 15) is 21.6 Å². The molecule has 0 aromatic heterocycles. The van der Waals surface area contributed by atoms with E-state index in [-0.39, 0.29) is 39.4 Å². The van der Waals surface area contributed by atoms with E-state index >= 15 is 0 Å². The van der Waals surface area contributed by atoms with Crippen molar-refractivity contribution in [1.82, 2.24) is 0 Å². The lowest BCUT2D eigenvalue weighted by molar-refractivity contribution is 0.0600. The van der Waals surface area contributed by atoms with Crippen LogP contribution in [0.5, 0.6) is 5.75 Å². The second kappa shape index (κ2) is 8.00. The summed E-state index contributed by atoms with van der Waals surface area (Å²) in [6.45, 7) is -0.272. The second-order valence-electron chi connectivity index (χ2n) is 4.58. The number of ether oxygens (including phenoxy) is 1. The molecule has 0 heterocycles. The largest absolute Gasteiger partial charge is 0.465 e. The topological polar surface area (TPSA) is 113 Å². The van der Waals surface area contributed by atoms with Gasteiger partial charge in [-0.2, -0.15) is 16.8 Å². The van der Waals surface area contributed by atoms with Gasteiger partial charge in [-0.3, -0.25) is 4.18 Å². The average molecular weight is 466 g/mol. The van der Waals surface area contributed by atoms with Gasteiger partial charge in [0, 0.05) is 16.5 Å². The Labute approximate surface area is 153 Å². The van der Waals surface area contributed by atoms with Crippen molar-refractivity contribution in [1.29, 1.82) is 0 Å². The molecule has 0 saturated heterocycles. The third-order valence-electron chi connectivity index (χ3n) is 2.56. The Hall–Kier alpha value is -0.880. The summed E-state index contributed by atoms with van der Waals surface area (Å²) in [5, 5.41) is -0.273. The number of rotatable bonds is 7. The van der Waals surface area contributed by atoms with Crippen LogP contribution in [0.2, 0.25) is 5.02 Å². The Bertz CT molecular complexity index is 848. The van der Waals surface area contributed by atoms with Gasteiger partial charge < -0.3 is 8.92 Å². The minimum absolute atomic E-state index is 0.0420. The smallest absolute Gasteiger partial charge is 0.339 e. The fraction of sp³-hybridized carbons (Fsp3) is 0.417. The van der Waals surface area contributed by atoms with Crippen LogP contribution < -0.4 is 4.18 Å². The van der Waals surface area contributed by atoms with E-state index in [0.717, 1.165) is 19.6 Å². The Balaban J connectivity index is 3.40. The molecule has 0 atom stereocenters. The molecule has 1 aromatic rings. The maximum atomic E-state index is 11.7. The highest BCUT2D eigenvalue weighted by molar-refractivity contribution is 9.10. The first-order valence-corrected chi connectivity index (χ1v) is 11.0. The minimum atomic E-state index is -3.96. The molecule has 0 fully saturated rings. The number of carbonyl (C=O) groups excluding carboxylic acids is 1. The molecule has 0 aliphatic heterocycles. The molecule has 8 nitrogen and oxygen atoms in total. The third kappa shape index (κ3) is 6.20. The predicted octanol–water partition coefficient (Wildman–Crippen LogP) is 1.75. The zero-order valence-electron chi connectivity index (χ0n) is 12.8. The number of hydrogen-bond acceptors (Lipinski definition) is 8. The number of esters is 1. The molecule has 1 aromatic carbocycles. The van der Waals surface area contributed by atoms with Crippen LogP contribution in [0.15, 0.2) is 10.5 Å². The molecule has 0 saturated carbocycles. The molecule has 0 N–H and O–H groups in total. The quantitative estimate of drug-likeness (QED) is 0.442. The van der Waals surface area contributed by atoms with Crippen LogP contribution in [0.25, 0.3) is 0 Å². The van der Waals surface area contributed by atoms with Gasteiger partial charge in [-0.25, -0.2) is 4.79 Å². The molecule has 0 unspecified atom stereocenters. The van der Waals surface area contributed by atoms with Gasteiger partial charge >= 0.3 is 16.1 Å². The van der Waals surface area contributed by atoms with E-state index in [1.165, 1.54) is 6.07 Å². The molecule has 1 rings (SSSR count). The predicted molar refractivity (Wildman–Crippen MR) is 90.5 cm³/mol. The zero-order valence-corrected chi connectivity index (χ0v) is 16.8. The van der Waals surface area contributed by atoms with Crippen molar-refractivity contribution < 1.29 is 34.7 Å². The summed E-state index contributed by atoms with van der Waals surface area (Å²) in [5.74, 6) is -1.09. The van der Waals surface area contributed by atoms with E-state index in [1.54, 1.807) is 0 Å². The van der Waals surface area contributed by atoms with E-state index in [1.807, 2.05) is 0 Å². The van der Waals surface area contributed by atoms with Gasteiger partial charge in [0.2, 0.25) is 0 Å². The van der Waals surface area contributed by atoms with Crippen molar-refractivity contribution in [3.05, 3.63) is 26.7 Å². The third-order valence-corrected chi connectivity index (χ3v) is 4.71. The van der Waals surface area contributed by atoms with Crippen LogP contribution in [0.3, 0.4) is 0 Å². The molecule has 12 heteroatoms. The first-order valence-electron chi connectivity index (χ1n) is 6.18. The van der Waals surface area contributed by atoms with Crippen LogP contribution in [0.4, 0.5) is 0 Å². The van der Waals surface area contributed by atoms with Gasteiger partial charge in [0.15, 0.2) is 5.75 Å². The maximum absolute atomic E-state index is 11.7. The molecule has 0 radical (unpaired) electrons. The highest BCUT2D eigenvalue weighted by Gasteiger charge is 2.24. The second-order valence-corrected chi connectivity index (χ2v) is 9.03. The minimum Gasteiger partial charge on any atom is -0.465 e. The number of carbonyl (C=O) groups is 1. The van der Waals surface area contributed by atoms with Crippen molar-refractivity contribution in [2.24, 2.45) is 0 Å². The van der Waals surface area contributed by atoms with Gasteiger partial charge in [0.1, 0.15) is 0 Å². The van der Waals surface area contributed by atoms with Crippen LogP contribution in [-0.4, -0.2) is 49.0 Å². The molecular formula is C12H14BrClO8S2. The van der Waals surface area contributed by atoms with Crippen molar-refractivity contribution in [2.45, 2.75) is 6.42 Å². The monoisotopic (exact) mass is 464 g/mol. The summed E-state index contributed by atoms with van der Waals surface area (Å²) in [4.78, 5) is 11.7. The Kier molecular flexibility index (Phi) is 7.05. The molecular weight excluding hydrogens is 452 g/mol. The van der Waals surface area contributed by atoms with E-state index in [2.05, 4.69) is 24.8 Å². The summed E-state index contributed by atoms with van der Waals surface area (Å²) < 4.78 is 59.3. The van der Waals surface area contributed by atoms with Gasteiger partial charge in [-0.15, -0.1) is 0 Å². The summed E-state index contributed by atoms with van der Waals surface area (Å²) in [6, 6.07) is 1.32. The lowest BCUT2D eigenvalue weighted by Gasteiger charge is -2.15. The number of methoxy groups -OCH3 is 1. The summed E-state index contributed by atoms with van der Waals surface area (Å²) in [7, 11) is -6.49. The maximum Gasteiger partial charge on any atom is 0.339 e. The van der Waals surface area contributed by atoms with Crippen LogP contribution in [0.1, 0.15) is 15.9 Å². The van der Waals surface area contributed by atoms with Gasteiger partial charge in [0.25, 0.3) is 10.1 Å². The van der Waals surface area contributed by atoms with Gasteiger partial charge in [0.05, 0.1) is 36.8 Å². The fourth-order valence-corrected chi connectivity index (χ4v) is 3.48. The highest BCUT2D eigenvalue weighted by atomic mass is 79.9. The SMILES string of the molecule is COC(=O)c1cc(Br)c(CCOS(C)(=O)=O)c(OS(C)(=O)=O)c1Cl. The van der Waals surface area contributed by atoms with Crippen LogP contribution >= 0.6 is 27.5 Å². The van der Waals surface area contributed by atoms with E-state index in [0.29, 0.717) is 0 Å². The van der Waals surface area contributed by atoms with Gasteiger partial charge in [-0.05, 0) is 6.07 Å². The fourth-order valence-electron chi connectivity index (χ4n) is 1.67. The number of hydrogen-bond donors (Lipinski definition) is 0. The highest BCUT2D eigenvalue weighted by Crippen LogP contribution is 2.39. The number of halogens is 2. The van der Waals surface area contributed by atoms with E-state index < -0.39 is 26.2 Å². The molecule has 24 heavy (non-hydrogen) atoms. The van der Waals surface area contributed by atoms with Crippen molar-refractivity contribution in [2.75, 3.05) is 26.2 Å². The van der Waals surface area contributed by atoms with Crippen LogP contribution in [-0.2, 0) is 35.6 Å². The molecule has 0 spiro atoms. The molecule has 0 aliphatic rings. The first-order chi connectivity index (χ1) is 10.9. The van der Waals surface area contributed by atoms with Crippen LogP contribution in [0, 0.1) is 0 Å². The normalized spacial score (nSPS) is 12.0. The molecule has 0 bridgehead atoms. The van der Waals surface area contributed by atoms with E-state index in [4.69, 9.17) is 15.8 Å². The van der Waals surface area contributed by atoms with Crippen molar-refractivity contribution in [3.63, 3.8) is 0 Å². The van der Waals surface area contributed by atoms with Gasteiger partial charge in [-0.1, -0.05) is 27.5 Å². The zero-order chi connectivity index (χ0) is 18.7. The van der Waals surface area contributed by atoms with Crippen molar-refractivity contribution in [3.8, 4) is 5.75 Å². The molecule has 136 valence electrons. The Morgan fingerprint density at radius 3 is 2.25 bits per heavy atom. The van der Waals surface area contributed by atoms with Crippen molar-refractivity contribution >= 4 is 53.7 Å². The summed E-state index contributed by atoms with van der Waals surface area (Å²) in [5.41, 5.74) is 0.110. The first kappa shape index (κ1) is 21.2. The Morgan fingerprint density at radius 1 is 1.21 bits per heavy atom. The molecule has 0 aliphatic carbocycles. The summed E-state index contributed by atoms with van der Waals surface area (Å²) in [6.07, 6.45) is 1.64. The lowest BCUT2D eigenvalue weighted by Crippen LogP contribution is -2.13. The Morgan fingerprint density at radius 2 is 1.79 bits per heavy atom. The standard InChI is InChI=1S/C12H14BrClO8S2/c1-20-12(15)8-6-9(13)7(4-5-21-23(2,16)17)11(10(8)14)22-24(3,18)19/h6H,4-5H2,1-3H3. The molecule has 0 amide bonds.